The van der Waals surface area contributed by atoms with E-state index in [1.54, 1.807) is 0 Å². The van der Waals surface area contributed by atoms with E-state index >= 15 is 0 Å². The van der Waals surface area contributed by atoms with Crippen LogP contribution in [0, 0.1) is 12.8 Å². The Labute approximate surface area is 142 Å². The lowest BCUT2D eigenvalue weighted by atomic mass is 10.1. The number of rotatable bonds is 5. The summed E-state index contributed by atoms with van der Waals surface area (Å²) in [7, 11) is 0. The molecule has 0 spiro atoms. The van der Waals surface area contributed by atoms with Gasteiger partial charge in [0, 0.05) is 11.9 Å². The van der Waals surface area contributed by atoms with Crippen molar-refractivity contribution in [1.82, 2.24) is 4.57 Å². The van der Waals surface area contributed by atoms with Crippen LogP contribution in [-0.4, -0.2) is 9.67 Å². The number of hydrogen-bond acceptors (Lipinski definition) is 3. The molecule has 1 aromatic heterocycles. The predicted molar refractivity (Wildman–Crippen MR) is 98.4 cm³/mol. The summed E-state index contributed by atoms with van der Waals surface area (Å²) in [6.45, 7) is 7.17. The minimum atomic E-state index is 0.188. The molecular formula is C20H23N3O. The highest BCUT2D eigenvalue weighted by molar-refractivity contribution is 5.95. The first kappa shape index (κ1) is 16.2. The van der Waals surface area contributed by atoms with Gasteiger partial charge in [0.2, 0.25) is 5.88 Å². The minimum absolute atomic E-state index is 0.188. The van der Waals surface area contributed by atoms with Gasteiger partial charge in [-0.3, -0.25) is 0 Å². The van der Waals surface area contributed by atoms with E-state index in [0.29, 0.717) is 11.6 Å². The van der Waals surface area contributed by atoms with Crippen LogP contribution in [0.3, 0.4) is 0 Å². The summed E-state index contributed by atoms with van der Waals surface area (Å²) in [5.41, 5.74) is 3.49. The highest BCUT2D eigenvalue weighted by Gasteiger charge is 2.16. The lowest BCUT2D eigenvalue weighted by Gasteiger charge is -2.08. The molecule has 3 aromatic rings. The number of aryl methyl sites for hydroxylation is 2. The summed E-state index contributed by atoms with van der Waals surface area (Å²) >= 11 is 0. The minimum Gasteiger partial charge on any atom is -0.493 e. The van der Waals surface area contributed by atoms with Gasteiger partial charge in [-0.1, -0.05) is 49.7 Å². The van der Waals surface area contributed by atoms with Crippen molar-refractivity contribution in [2.24, 2.45) is 16.1 Å². The van der Waals surface area contributed by atoms with Gasteiger partial charge in [0.25, 0.3) is 0 Å². The molecule has 0 saturated carbocycles. The Morgan fingerprint density at radius 2 is 1.71 bits per heavy atom. The van der Waals surface area contributed by atoms with Crippen LogP contribution in [-0.2, 0) is 6.54 Å². The van der Waals surface area contributed by atoms with Gasteiger partial charge in [-0.05, 0) is 37.5 Å². The fraction of sp³-hybridized carbons (Fsp3) is 0.300. The third-order valence-electron chi connectivity index (χ3n) is 4.15. The Morgan fingerprint density at radius 3 is 2.42 bits per heavy atom. The van der Waals surface area contributed by atoms with Gasteiger partial charge < -0.3 is 9.67 Å². The molecule has 4 heteroatoms. The first-order valence-electron chi connectivity index (χ1n) is 8.35. The van der Waals surface area contributed by atoms with Crippen molar-refractivity contribution in [3.05, 3.63) is 54.1 Å². The first-order valence-corrected chi connectivity index (χ1v) is 8.35. The molecule has 124 valence electrons. The van der Waals surface area contributed by atoms with Gasteiger partial charge in [-0.15, -0.1) is 5.11 Å². The molecule has 2 aromatic carbocycles. The standard InChI is InChI=1S/C20H23N3O/c1-14(2)12-13-23-18-7-5-4-6-17(18)19(20(23)24)22-21-16-10-8-15(3)9-11-16/h4-11,14,24H,12-13H2,1-3H3. The Bertz CT molecular complexity index is 860. The number of benzene rings is 2. The Hall–Kier alpha value is -2.62. The summed E-state index contributed by atoms with van der Waals surface area (Å²) < 4.78 is 1.93. The van der Waals surface area contributed by atoms with Gasteiger partial charge in [-0.25, -0.2) is 0 Å². The van der Waals surface area contributed by atoms with Crippen LogP contribution < -0.4 is 0 Å². The van der Waals surface area contributed by atoms with Crippen LogP contribution >= 0.6 is 0 Å². The second kappa shape index (κ2) is 6.87. The molecule has 0 aliphatic carbocycles. The monoisotopic (exact) mass is 321 g/mol. The SMILES string of the molecule is Cc1ccc(N=Nc2c(O)n(CCC(C)C)c3ccccc23)cc1. The molecule has 0 radical (unpaired) electrons. The Morgan fingerprint density at radius 1 is 1.00 bits per heavy atom. The second-order valence-electron chi connectivity index (χ2n) is 6.56. The Balaban J connectivity index is 2.01. The average molecular weight is 321 g/mol. The molecule has 0 aliphatic heterocycles. The maximum absolute atomic E-state index is 10.7. The molecule has 0 amide bonds. The maximum Gasteiger partial charge on any atom is 0.220 e. The van der Waals surface area contributed by atoms with E-state index in [4.69, 9.17) is 0 Å². The predicted octanol–water partition coefficient (Wildman–Crippen LogP) is 6.12. The summed E-state index contributed by atoms with van der Waals surface area (Å²) in [6, 6.07) is 15.8. The first-order chi connectivity index (χ1) is 11.6. The van der Waals surface area contributed by atoms with Crippen LogP contribution in [0.4, 0.5) is 11.4 Å². The number of para-hydroxylation sites is 1. The second-order valence-corrected chi connectivity index (χ2v) is 6.56. The highest BCUT2D eigenvalue weighted by atomic mass is 16.3. The zero-order chi connectivity index (χ0) is 17.1. The largest absolute Gasteiger partial charge is 0.493 e. The fourth-order valence-electron chi connectivity index (χ4n) is 2.70. The summed E-state index contributed by atoms with van der Waals surface area (Å²) in [5.74, 6) is 0.760. The van der Waals surface area contributed by atoms with E-state index < -0.39 is 0 Å². The number of aromatic nitrogens is 1. The number of hydrogen-bond donors (Lipinski definition) is 1. The molecule has 0 unspecified atom stereocenters. The molecule has 0 atom stereocenters. The van der Waals surface area contributed by atoms with Crippen LogP contribution in [0.1, 0.15) is 25.8 Å². The third-order valence-corrected chi connectivity index (χ3v) is 4.15. The zero-order valence-corrected chi connectivity index (χ0v) is 14.4. The molecule has 0 aliphatic rings. The van der Waals surface area contributed by atoms with Gasteiger partial charge in [0.15, 0.2) is 5.69 Å². The summed E-state index contributed by atoms with van der Waals surface area (Å²) in [5, 5.41) is 20.2. The number of nitrogens with zero attached hydrogens (tertiary/aromatic N) is 3. The van der Waals surface area contributed by atoms with Gasteiger partial charge in [0.05, 0.1) is 11.2 Å². The van der Waals surface area contributed by atoms with E-state index in [0.717, 1.165) is 29.6 Å². The average Bonchev–Trinajstić information content (AvgIpc) is 2.84. The lowest BCUT2D eigenvalue weighted by Crippen LogP contribution is -2.00. The highest BCUT2D eigenvalue weighted by Crippen LogP contribution is 2.39. The lowest BCUT2D eigenvalue weighted by molar-refractivity contribution is 0.407. The summed E-state index contributed by atoms with van der Waals surface area (Å²) in [4.78, 5) is 0. The molecular weight excluding hydrogens is 298 g/mol. The van der Waals surface area contributed by atoms with Gasteiger partial charge in [-0.2, -0.15) is 5.11 Å². The fourth-order valence-corrected chi connectivity index (χ4v) is 2.70. The van der Waals surface area contributed by atoms with Crippen molar-refractivity contribution in [3.8, 4) is 5.88 Å². The molecule has 0 bridgehead atoms. The van der Waals surface area contributed by atoms with Crippen LogP contribution in [0.5, 0.6) is 5.88 Å². The molecule has 1 heterocycles. The van der Waals surface area contributed by atoms with Gasteiger partial charge >= 0.3 is 0 Å². The van der Waals surface area contributed by atoms with Crippen LogP contribution in [0.15, 0.2) is 58.8 Å². The quantitative estimate of drug-likeness (QED) is 0.566. The zero-order valence-electron chi connectivity index (χ0n) is 14.4. The van der Waals surface area contributed by atoms with Crippen LogP contribution in [0.2, 0.25) is 0 Å². The summed E-state index contributed by atoms with van der Waals surface area (Å²) in [6.07, 6.45) is 1.00. The molecule has 1 N–H and O–H groups in total. The molecule has 4 nitrogen and oxygen atoms in total. The molecule has 0 fully saturated rings. The van der Waals surface area contributed by atoms with Crippen molar-refractivity contribution < 1.29 is 5.11 Å². The van der Waals surface area contributed by atoms with E-state index in [1.165, 1.54) is 5.56 Å². The topological polar surface area (TPSA) is 49.9 Å². The number of azo groups is 1. The molecule has 24 heavy (non-hydrogen) atoms. The van der Waals surface area contributed by atoms with Crippen LogP contribution in [0.25, 0.3) is 10.9 Å². The molecule has 0 saturated heterocycles. The number of fused-ring (bicyclic) bond motifs is 1. The maximum atomic E-state index is 10.7. The van der Waals surface area contributed by atoms with E-state index in [-0.39, 0.29) is 5.88 Å². The van der Waals surface area contributed by atoms with E-state index in [2.05, 4.69) is 24.1 Å². The van der Waals surface area contributed by atoms with Gasteiger partial charge in [0.1, 0.15) is 0 Å². The van der Waals surface area contributed by atoms with Crippen molar-refractivity contribution >= 4 is 22.3 Å². The normalized spacial score (nSPS) is 11.8. The van der Waals surface area contributed by atoms with E-state index in [1.807, 2.05) is 60.0 Å². The smallest absolute Gasteiger partial charge is 0.220 e. The van der Waals surface area contributed by atoms with Crippen molar-refractivity contribution in [2.75, 3.05) is 0 Å². The van der Waals surface area contributed by atoms with Crippen molar-refractivity contribution in [2.45, 2.75) is 33.7 Å². The van der Waals surface area contributed by atoms with Crippen molar-refractivity contribution in [3.63, 3.8) is 0 Å². The Kier molecular flexibility index (Phi) is 4.65. The third kappa shape index (κ3) is 3.32. The van der Waals surface area contributed by atoms with E-state index in [9.17, 15) is 5.11 Å². The molecule has 3 rings (SSSR count). The number of aromatic hydroxyl groups is 1. The van der Waals surface area contributed by atoms with Crippen molar-refractivity contribution in [1.29, 1.82) is 0 Å².